The molecule has 3 aromatic carbocycles. The van der Waals surface area contributed by atoms with Gasteiger partial charge in [-0.1, -0.05) is 74.0 Å². The molecule has 3 heteroatoms. The standard InChI is InChI=1S/C26H24N2O/c1-2-3-9-20-15-16-22(19-10-5-4-6-11-19)18-23(20)26(29)28-24-14-7-12-21-13-8-17-27-25(21)24/h4-8,10-18H,2-3,9H2,1H3,(H,28,29). The zero-order valence-electron chi connectivity index (χ0n) is 16.6. The number of aryl methyl sites for hydroxylation is 1. The first-order valence-corrected chi connectivity index (χ1v) is 10.1. The molecule has 0 aliphatic rings. The predicted octanol–water partition coefficient (Wildman–Crippen LogP) is 6.50. The summed E-state index contributed by atoms with van der Waals surface area (Å²) in [6.45, 7) is 2.17. The first kappa shape index (κ1) is 18.9. The number of unbranched alkanes of at least 4 members (excludes halogenated alkanes) is 1. The number of hydrogen-bond donors (Lipinski definition) is 1. The lowest BCUT2D eigenvalue weighted by Crippen LogP contribution is -2.15. The van der Waals surface area contributed by atoms with Crippen LogP contribution in [0.3, 0.4) is 0 Å². The first-order valence-electron chi connectivity index (χ1n) is 10.1. The molecule has 0 saturated carbocycles. The number of amides is 1. The summed E-state index contributed by atoms with van der Waals surface area (Å²) in [5, 5.41) is 4.10. The SMILES string of the molecule is CCCCc1ccc(-c2ccccc2)cc1C(=O)Nc1cccc2cccnc12. The van der Waals surface area contributed by atoms with E-state index in [0.29, 0.717) is 0 Å². The van der Waals surface area contributed by atoms with E-state index in [2.05, 4.69) is 41.5 Å². The fraction of sp³-hybridized carbons (Fsp3) is 0.154. The monoisotopic (exact) mass is 380 g/mol. The molecule has 4 aromatic rings. The minimum Gasteiger partial charge on any atom is -0.320 e. The van der Waals surface area contributed by atoms with Crippen LogP contribution in [0, 0.1) is 0 Å². The summed E-state index contributed by atoms with van der Waals surface area (Å²) < 4.78 is 0. The van der Waals surface area contributed by atoms with Crippen molar-refractivity contribution in [2.75, 3.05) is 5.32 Å². The average molecular weight is 380 g/mol. The molecule has 1 aromatic heterocycles. The minimum atomic E-state index is -0.0907. The topological polar surface area (TPSA) is 42.0 Å². The third-order valence-corrected chi connectivity index (χ3v) is 5.14. The molecular formula is C26H24N2O. The zero-order chi connectivity index (χ0) is 20.1. The van der Waals surface area contributed by atoms with Gasteiger partial charge in [0.05, 0.1) is 11.2 Å². The van der Waals surface area contributed by atoms with Crippen LogP contribution >= 0.6 is 0 Å². The van der Waals surface area contributed by atoms with Crippen LogP contribution in [0.4, 0.5) is 5.69 Å². The number of nitrogens with zero attached hydrogens (tertiary/aromatic N) is 1. The third-order valence-electron chi connectivity index (χ3n) is 5.14. The number of pyridine rings is 1. The van der Waals surface area contributed by atoms with Gasteiger partial charge in [-0.3, -0.25) is 9.78 Å². The van der Waals surface area contributed by atoms with E-state index >= 15 is 0 Å². The van der Waals surface area contributed by atoms with Crippen molar-refractivity contribution < 1.29 is 4.79 Å². The summed E-state index contributed by atoms with van der Waals surface area (Å²) in [4.78, 5) is 17.7. The number of nitrogens with one attached hydrogen (secondary N) is 1. The highest BCUT2D eigenvalue weighted by Crippen LogP contribution is 2.26. The number of anilines is 1. The first-order chi connectivity index (χ1) is 14.3. The molecule has 0 radical (unpaired) electrons. The molecular weight excluding hydrogens is 356 g/mol. The molecule has 0 unspecified atom stereocenters. The molecule has 0 saturated heterocycles. The highest BCUT2D eigenvalue weighted by molar-refractivity contribution is 6.09. The van der Waals surface area contributed by atoms with Gasteiger partial charge < -0.3 is 5.32 Å². The Morgan fingerprint density at radius 3 is 2.55 bits per heavy atom. The molecule has 3 nitrogen and oxygen atoms in total. The van der Waals surface area contributed by atoms with Gasteiger partial charge in [0, 0.05) is 17.1 Å². The van der Waals surface area contributed by atoms with Gasteiger partial charge in [0.1, 0.15) is 0 Å². The molecule has 0 aliphatic carbocycles. The quantitative estimate of drug-likeness (QED) is 0.415. The molecule has 1 N–H and O–H groups in total. The van der Waals surface area contributed by atoms with Gasteiger partial charge in [0.25, 0.3) is 5.91 Å². The second-order valence-electron chi connectivity index (χ2n) is 7.18. The molecule has 29 heavy (non-hydrogen) atoms. The Hall–Kier alpha value is -3.46. The van der Waals surface area contributed by atoms with Crippen LogP contribution in [0.15, 0.2) is 85.1 Å². The lowest BCUT2D eigenvalue weighted by molar-refractivity contribution is 0.102. The van der Waals surface area contributed by atoms with E-state index in [0.717, 1.165) is 58.1 Å². The van der Waals surface area contributed by atoms with Gasteiger partial charge in [0.2, 0.25) is 0 Å². The number of fused-ring (bicyclic) bond motifs is 1. The second-order valence-corrected chi connectivity index (χ2v) is 7.18. The summed E-state index contributed by atoms with van der Waals surface area (Å²) in [6.07, 6.45) is 4.79. The van der Waals surface area contributed by atoms with Gasteiger partial charge in [-0.15, -0.1) is 0 Å². The van der Waals surface area contributed by atoms with Crippen molar-refractivity contribution in [3.63, 3.8) is 0 Å². The Morgan fingerprint density at radius 1 is 0.897 bits per heavy atom. The van der Waals surface area contributed by atoms with E-state index < -0.39 is 0 Å². The number of rotatable bonds is 6. The third kappa shape index (κ3) is 4.19. The molecule has 0 aliphatic heterocycles. The summed E-state index contributed by atoms with van der Waals surface area (Å²) >= 11 is 0. The Labute approximate surface area is 171 Å². The fourth-order valence-electron chi connectivity index (χ4n) is 3.58. The van der Waals surface area contributed by atoms with Gasteiger partial charge >= 0.3 is 0 Å². The molecule has 0 spiro atoms. The molecule has 0 fully saturated rings. The van der Waals surface area contributed by atoms with Crippen molar-refractivity contribution in [3.8, 4) is 11.1 Å². The van der Waals surface area contributed by atoms with Crippen LogP contribution in [0.5, 0.6) is 0 Å². The summed E-state index contributed by atoms with van der Waals surface area (Å²) in [6, 6.07) is 26.1. The van der Waals surface area contributed by atoms with Crippen LogP contribution < -0.4 is 5.32 Å². The van der Waals surface area contributed by atoms with E-state index in [9.17, 15) is 4.79 Å². The molecule has 1 amide bonds. The summed E-state index contributed by atoms with van der Waals surface area (Å²) in [7, 11) is 0. The fourth-order valence-corrected chi connectivity index (χ4v) is 3.58. The van der Waals surface area contributed by atoms with E-state index in [-0.39, 0.29) is 5.91 Å². The largest absolute Gasteiger partial charge is 0.320 e. The van der Waals surface area contributed by atoms with E-state index in [1.807, 2.05) is 54.6 Å². The van der Waals surface area contributed by atoms with Crippen LogP contribution in [-0.4, -0.2) is 10.9 Å². The molecule has 0 atom stereocenters. The smallest absolute Gasteiger partial charge is 0.256 e. The van der Waals surface area contributed by atoms with Crippen molar-refractivity contribution in [2.24, 2.45) is 0 Å². The van der Waals surface area contributed by atoms with E-state index in [1.54, 1.807) is 6.20 Å². The number of carbonyl (C=O) groups excluding carboxylic acids is 1. The highest BCUT2D eigenvalue weighted by Gasteiger charge is 2.15. The maximum atomic E-state index is 13.3. The highest BCUT2D eigenvalue weighted by atomic mass is 16.1. The van der Waals surface area contributed by atoms with Crippen LogP contribution in [0.1, 0.15) is 35.7 Å². The summed E-state index contributed by atoms with van der Waals surface area (Å²) in [5.74, 6) is -0.0907. The normalized spacial score (nSPS) is 10.8. The van der Waals surface area contributed by atoms with Gasteiger partial charge in [0.15, 0.2) is 0 Å². The van der Waals surface area contributed by atoms with E-state index in [4.69, 9.17) is 0 Å². The lowest BCUT2D eigenvalue weighted by atomic mass is 9.95. The van der Waals surface area contributed by atoms with Crippen molar-refractivity contribution in [2.45, 2.75) is 26.2 Å². The van der Waals surface area contributed by atoms with Crippen molar-refractivity contribution in [1.29, 1.82) is 0 Å². The zero-order valence-corrected chi connectivity index (χ0v) is 16.6. The van der Waals surface area contributed by atoms with Crippen LogP contribution in [0.25, 0.3) is 22.0 Å². The van der Waals surface area contributed by atoms with Gasteiger partial charge in [-0.25, -0.2) is 0 Å². The van der Waals surface area contributed by atoms with Crippen molar-refractivity contribution in [3.05, 3.63) is 96.2 Å². The van der Waals surface area contributed by atoms with Gasteiger partial charge in [-0.2, -0.15) is 0 Å². The number of benzene rings is 3. The van der Waals surface area contributed by atoms with Crippen molar-refractivity contribution in [1.82, 2.24) is 4.98 Å². The molecule has 4 rings (SSSR count). The molecule has 0 bridgehead atoms. The molecule has 1 heterocycles. The Morgan fingerprint density at radius 2 is 1.72 bits per heavy atom. The number of aromatic nitrogens is 1. The summed E-state index contributed by atoms with van der Waals surface area (Å²) in [5.41, 5.74) is 5.50. The lowest BCUT2D eigenvalue weighted by Gasteiger charge is -2.13. The predicted molar refractivity (Wildman–Crippen MR) is 120 cm³/mol. The Bertz CT molecular complexity index is 1130. The Balaban J connectivity index is 1.71. The number of para-hydroxylation sites is 1. The van der Waals surface area contributed by atoms with Crippen LogP contribution in [0.2, 0.25) is 0 Å². The number of carbonyl (C=O) groups is 1. The van der Waals surface area contributed by atoms with Gasteiger partial charge in [-0.05, 0) is 47.7 Å². The number of hydrogen-bond acceptors (Lipinski definition) is 2. The average Bonchev–Trinajstić information content (AvgIpc) is 2.78. The molecule has 144 valence electrons. The Kier molecular flexibility index (Phi) is 5.66. The van der Waals surface area contributed by atoms with Crippen molar-refractivity contribution >= 4 is 22.5 Å². The minimum absolute atomic E-state index is 0.0907. The van der Waals surface area contributed by atoms with E-state index in [1.165, 1.54) is 0 Å². The maximum Gasteiger partial charge on any atom is 0.256 e. The maximum absolute atomic E-state index is 13.3. The van der Waals surface area contributed by atoms with Crippen LogP contribution in [-0.2, 0) is 6.42 Å². The second kappa shape index (κ2) is 8.70.